The van der Waals surface area contributed by atoms with Crippen molar-refractivity contribution < 1.29 is 14.6 Å². The monoisotopic (exact) mass is 288 g/mol. The summed E-state index contributed by atoms with van der Waals surface area (Å²) < 4.78 is 5.54. The normalized spacial score (nSPS) is 9.53. The predicted molar refractivity (Wildman–Crippen MR) is 77.2 cm³/mol. The second-order valence-electron chi connectivity index (χ2n) is 3.97. The molecule has 1 amide bonds. The summed E-state index contributed by atoms with van der Waals surface area (Å²) in [7, 11) is 0. The smallest absolute Gasteiger partial charge is 0.404 e. The van der Waals surface area contributed by atoms with E-state index in [-0.39, 0.29) is 12.4 Å². The van der Waals surface area contributed by atoms with E-state index in [0.29, 0.717) is 19.7 Å². The molecule has 1 rings (SSSR count). The Bertz CT molecular complexity index is 357. The highest BCUT2D eigenvalue weighted by Gasteiger charge is 1.96. The van der Waals surface area contributed by atoms with Crippen molar-refractivity contribution in [2.75, 3.05) is 19.7 Å². The molecule has 0 aliphatic carbocycles. The second kappa shape index (κ2) is 10.5. The Kier molecular flexibility index (Phi) is 9.66. The van der Waals surface area contributed by atoms with Gasteiger partial charge in [-0.2, -0.15) is 0 Å². The van der Waals surface area contributed by atoms with Gasteiger partial charge in [0.25, 0.3) is 0 Å². The van der Waals surface area contributed by atoms with Crippen LogP contribution in [0.15, 0.2) is 24.3 Å². The van der Waals surface area contributed by atoms with Crippen molar-refractivity contribution in [2.24, 2.45) is 5.73 Å². The number of amides is 1. The first-order valence-electron chi connectivity index (χ1n) is 6.11. The van der Waals surface area contributed by atoms with E-state index in [4.69, 9.17) is 15.6 Å². The van der Waals surface area contributed by atoms with Crippen LogP contribution in [0, 0.1) is 0 Å². The number of ether oxygens (including phenoxy) is 1. The number of nitrogens with two attached hydrogens (primary N) is 1. The largest absolute Gasteiger partial charge is 0.494 e. The van der Waals surface area contributed by atoms with Crippen molar-refractivity contribution in [1.82, 2.24) is 5.32 Å². The summed E-state index contributed by atoms with van der Waals surface area (Å²) in [6.45, 7) is 1.71. The number of nitrogens with one attached hydrogen (secondary N) is 1. The number of benzene rings is 1. The average molecular weight is 289 g/mol. The third-order valence-electron chi connectivity index (χ3n) is 2.47. The lowest BCUT2D eigenvalue weighted by molar-refractivity contribution is 0.194. The molecule has 0 unspecified atom stereocenters. The molecule has 4 N–H and O–H groups in total. The van der Waals surface area contributed by atoms with Gasteiger partial charge in [-0.15, -0.1) is 12.4 Å². The van der Waals surface area contributed by atoms with Gasteiger partial charge in [0.1, 0.15) is 5.75 Å². The van der Waals surface area contributed by atoms with E-state index in [1.165, 1.54) is 5.56 Å². The van der Waals surface area contributed by atoms with Crippen LogP contribution in [0.25, 0.3) is 0 Å². The highest BCUT2D eigenvalue weighted by molar-refractivity contribution is 5.85. The van der Waals surface area contributed by atoms with Gasteiger partial charge in [0, 0.05) is 6.54 Å². The number of halogens is 1. The lowest BCUT2D eigenvalue weighted by atomic mass is 10.1. The zero-order valence-electron chi connectivity index (χ0n) is 10.8. The van der Waals surface area contributed by atoms with Gasteiger partial charge in [0.05, 0.1) is 6.61 Å². The van der Waals surface area contributed by atoms with Crippen molar-refractivity contribution >= 4 is 18.5 Å². The zero-order valence-corrected chi connectivity index (χ0v) is 11.6. The van der Waals surface area contributed by atoms with Crippen LogP contribution in [0.5, 0.6) is 5.75 Å². The van der Waals surface area contributed by atoms with Crippen LogP contribution in [-0.4, -0.2) is 30.9 Å². The first-order valence-corrected chi connectivity index (χ1v) is 6.11. The molecule has 0 spiro atoms. The summed E-state index contributed by atoms with van der Waals surface area (Å²) >= 11 is 0. The lowest BCUT2D eigenvalue weighted by Crippen LogP contribution is -2.22. The molecule has 0 radical (unpaired) electrons. The van der Waals surface area contributed by atoms with Crippen molar-refractivity contribution in [2.45, 2.75) is 19.3 Å². The highest BCUT2D eigenvalue weighted by Crippen LogP contribution is 2.12. The Morgan fingerprint density at radius 3 is 2.53 bits per heavy atom. The maximum absolute atomic E-state index is 10.2. The minimum Gasteiger partial charge on any atom is -0.494 e. The standard InChI is InChI=1S/C13H20N2O3.ClH/c14-8-7-11-3-5-12(6-4-11)18-10-2-1-9-15-13(16)17;/h3-6,15H,1-2,7-10,14H2,(H,16,17);1H. The summed E-state index contributed by atoms with van der Waals surface area (Å²) in [5.41, 5.74) is 6.67. The van der Waals surface area contributed by atoms with Crippen LogP contribution in [0.1, 0.15) is 18.4 Å². The molecule has 0 atom stereocenters. The minimum absolute atomic E-state index is 0. The number of carbonyl (C=O) groups is 1. The Morgan fingerprint density at radius 1 is 1.26 bits per heavy atom. The first-order chi connectivity index (χ1) is 8.72. The third kappa shape index (κ3) is 8.29. The fourth-order valence-corrected chi connectivity index (χ4v) is 1.53. The summed E-state index contributed by atoms with van der Waals surface area (Å²) in [4.78, 5) is 10.2. The fourth-order valence-electron chi connectivity index (χ4n) is 1.53. The number of rotatable bonds is 8. The first kappa shape index (κ1) is 17.5. The molecule has 0 aliphatic heterocycles. The molecule has 5 nitrogen and oxygen atoms in total. The highest BCUT2D eigenvalue weighted by atomic mass is 35.5. The molecule has 19 heavy (non-hydrogen) atoms. The van der Waals surface area contributed by atoms with E-state index in [1.54, 1.807) is 0 Å². The van der Waals surface area contributed by atoms with Gasteiger partial charge in [-0.25, -0.2) is 4.79 Å². The van der Waals surface area contributed by atoms with Crippen LogP contribution in [0.2, 0.25) is 0 Å². The van der Waals surface area contributed by atoms with Crippen molar-refractivity contribution in [1.29, 1.82) is 0 Å². The van der Waals surface area contributed by atoms with E-state index in [9.17, 15) is 4.79 Å². The Balaban J connectivity index is 0.00000324. The molecule has 0 saturated heterocycles. The molecule has 0 aromatic heterocycles. The van der Waals surface area contributed by atoms with Crippen molar-refractivity contribution in [3.05, 3.63) is 29.8 Å². The summed E-state index contributed by atoms with van der Waals surface area (Å²) in [5.74, 6) is 0.835. The molecule has 108 valence electrons. The van der Waals surface area contributed by atoms with Gasteiger partial charge in [-0.1, -0.05) is 12.1 Å². The van der Waals surface area contributed by atoms with Crippen LogP contribution in [0.4, 0.5) is 4.79 Å². The molecule has 1 aromatic carbocycles. The van der Waals surface area contributed by atoms with E-state index in [0.717, 1.165) is 25.0 Å². The number of hydrogen-bond acceptors (Lipinski definition) is 3. The Labute approximate surface area is 119 Å². The van der Waals surface area contributed by atoms with Gasteiger partial charge in [-0.05, 0) is 43.5 Å². The van der Waals surface area contributed by atoms with E-state index < -0.39 is 6.09 Å². The molecule has 1 aromatic rings. The molecular formula is C13H21ClN2O3. The Morgan fingerprint density at radius 2 is 1.95 bits per heavy atom. The fraction of sp³-hybridized carbons (Fsp3) is 0.462. The van der Waals surface area contributed by atoms with Crippen LogP contribution >= 0.6 is 12.4 Å². The molecule has 0 fully saturated rings. The number of hydrogen-bond donors (Lipinski definition) is 3. The van der Waals surface area contributed by atoms with E-state index >= 15 is 0 Å². The van der Waals surface area contributed by atoms with Crippen LogP contribution < -0.4 is 15.8 Å². The van der Waals surface area contributed by atoms with Crippen LogP contribution in [-0.2, 0) is 6.42 Å². The Hall–Kier alpha value is -1.46. The summed E-state index contributed by atoms with van der Waals surface area (Å²) in [6, 6.07) is 7.88. The quantitative estimate of drug-likeness (QED) is 0.639. The molecule has 0 saturated carbocycles. The second-order valence-corrected chi connectivity index (χ2v) is 3.97. The number of carboxylic acid groups (broad SMARTS) is 1. The van der Waals surface area contributed by atoms with Gasteiger partial charge in [-0.3, -0.25) is 0 Å². The maximum Gasteiger partial charge on any atom is 0.404 e. The van der Waals surface area contributed by atoms with Gasteiger partial charge in [0.15, 0.2) is 0 Å². The van der Waals surface area contributed by atoms with E-state index in [1.807, 2.05) is 24.3 Å². The average Bonchev–Trinajstić information content (AvgIpc) is 2.35. The van der Waals surface area contributed by atoms with Gasteiger partial charge < -0.3 is 20.9 Å². The van der Waals surface area contributed by atoms with Crippen molar-refractivity contribution in [3.8, 4) is 5.75 Å². The molecule has 0 bridgehead atoms. The molecule has 6 heteroatoms. The number of unbranched alkanes of at least 4 members (excludes halogenated alkanes) is 1. The topological polar surface area (TPSA) is 84.6 Å². The zero-order chi connectivity index (χ0) is 13.2. The molecule has 0 heterocycles. The minimum atomic E-state index is -0.980. The predicted octanol–water partition coefficient (Wildman–Crippen LogP) is 2.04. The maximum atomic E-state index is 10.2. The molecule has 0 aliphatic rings. The summed E-state index contributed by atoms with van der Waals surface area (Å²) in [5, 5.41) is 10.7. The van der Waals surface area contributed by atoms with Gasteiger partial charge >= 0.3 is 6.09 Å². The van der Waals surface area contributed by atoms with Crippen molar-refractivity contribution in [3.63, 3.8) is 0 Å². The SMILES string of the molecule is Cl.NCCc1ccc(OCCCCNC(=O)O)cc1. The van der Waals surface area contributed by atoms with Crippen LogP contribution in [0.3, 0.4) is 0 Å². The summed E-state index contributed by atoms with van der Waals surface area (Å²) in [6.07, 6.45) is 1.50. The van der Waals surface area contributed by atoms with Gasteiger partial charge in [0.2, 0.25) is 0 Å². The van der Waals surface area contributed by atoms with E-state index in [2.05, 4.69) is 5.32 Å². The lowest BCUT2D eigenvalue weighted by Gasteiger charge is -2.07. The third-order valence-corrected chi connectivity index (χ3v) is 2.47. The molecular weight excluding hydrogens is 268 g/mol.